The number of benzene rings is 2. The molecule has 1 N–H and O–H groups in total. The maximum absolute atomic E-state index is 13.1. The molecule has 2 aromatic heterocycles. The number of hydrogen-bond acceptors (Lipinski definition) is 11. The summed E-state index contributed by atoms with van der Waals surface area (Å²) in [7, 11) is -2.82. The zero-order valence-electron chi connectivity index (χ0n) is 22.1. The number of amides is 3. The van der Waals surface area contributed by atoms with E-state index in [1.807, 2.05) is 0 Å². The lowest BCUT2D eigenvalue weighted by Crippen LogP contribution is -2.54. The van der Waals surface area contributed by atoms with Crippen molar-refractivity contribution < 1.29 is 32.3 Å². The van der Waals surface area contributed by atoms with Gasteiger partial charge in [-0.15, -0.1) is 11.3 Å². The van der Waals surface area contributed by atoms with Gasteiger partial charge in [0.25, 0.3) is 15.9 Å². The van der Waals surface area contributed by atoms with Gasteiger partial charge in [-0.1, -0.05) is 42.5 Å². The van der Waals surface area contributed by atoms with E-state index in [0.717, 1.165) is 20.8 Å². The van der Waals surface area contributed by atoms with Crippen molar-refractivity contribution in [3.8, 4) is 0 Å². The Balaban J connectivity index is 1.18. The standard InChI is InChI=1S/C26H24N6O8S2/c1-39-23(17-7-3-2-4-8-17)40-25(36)29-20-11-12-31(24(35)28-20)15-21(33)30-13-14-32(22(34)16-30)42(37,38)26-27-18-9-5-6-10-19(18)41-26/h2-12,23H,13-16H2,1H3,(H,28,29,35,36). The van der Waals surface area contributed by atoms with Crippen LogP contribution in [0, 0.1) is 0 Å². The third-order valence-corrected chi connectivity index (χ3v) is 9.44. The van der Waals surface area contributed by atoms with E-state index in [2.05, 4.69) is 15.3 Å². The number of aromatic nitrogens is 3. The minimum atomic E-state index is -4.19. The number of anilines is 1. The number of nitrogens with zero attached hydrogens (tertiary/aromatic N) is 5. The second-order valence-electron chi connectivity index (χ2n) is 8.97. The molecule has 16 heteroatoms. The minimum absolute atomic E-state index is 0.0650. The number of carbonyl (C=O) groups excluding carboxylic acids is 3. The minimum Gasteiger partial charge on any atom is -0.415 e. The van der Waals surface area contributed by atoms with Gasteiger partial charge in [0.2, 0.25) is 16.5 Å². The van der Waals surface area contributed by atoms with Crippen LogP contribution in [0.2, 0.25) is 0 Å². The molecule has 1 aliphatic rings. The summed E-state index contributed by atoms with van der Waals surface area (Å²) in [6, 6.07) is 16.9. The molecule has 2 aromatic carbocycles. The topological polar surface area (TPSA) is 170 Å². The molecule has 14 nitrogen and oxygen atoms in total. The summed E-state index contributed by atoms with van der Waals surface area (Å²) in [5.74, 6) is -1.49. The monoisotopic (exact) mass is 612 g/mol. The van der Waals surface area contributed by atoms with E-state index in [1.165, 1.54) is 19.4 Å². The lowest BCUT2D eigenvalue weighted by molar-refractivity contribution is -0.142. The molecule has 5 rings (SSSR count). The van der Waals surface area contributed by atoms with Gasteiger partial charge in [-0.3, -0.25) is 19.5 Å². The Bertz CT molecular complexity index is 1780. The molecule has 1 fully saturated rings. The Labute approximate surface area is 243 Å². The average molecular weight is 613 g/mol. The maximum atomic E-state index is 13.1. The second kappa shape index (κ2) is 12.1. The number of thiazole rings is 1. The number of rotatable bonds is 8. The van der Waals surface area contributed by atoms with Crippen molar-refractivity contribution in [3.63, 3.8) is 0 Å². The number of piperazine rings is 1. The summed E-state index contributed by atoms with van der Waals surface area (Å²) in [5.41, 5.74) is 0.271. The Morgan fingerprint density at radius 3 is 2.45 bits per heavy atom. The first-order valence-corrected chi connectivity index (χ1v) is 14.7. The lowest BCUT2D eigenvalue weighted by atomic mass is 10.2. The summed E-state index contributed by atoms with van der Waals surface area (Å²) >= 11 is 0.959. The molecule has 42 heavy (non-hydrogen) atoms. The van der Waals surface area contributed by atoms with Crippen LogP contribution in [0.4, 0.5) is 10.6 Å². The van der Waals surface area contributed by atoms with Gasteiger partial charge in [-0.25, -0.2) is 18.9 Å². The molecule has 4 aromatic rings. The fourth-order valence-corrected chi connectivity index (χ4v) is 6.85. The number of hydrogen-bond donors (Lipinski definition) is 1. The van der Waals surface area contributed by atoms with Crippen molar-refractivity contribution in [2.45, 2.75) is 17.2 Å². The van der Waals surface area contributed by atoms with Crippen LogP contribution in [0.25, 0.3) is 10.2 Å². The largest absolute Gasteiger partial charge is 0.415 e. The molecule has 0 aliphatic carbocycles. The number of methoxy groups -OCH3 is 1. The van der Waals surface area contributed by atoms with E-state index in [4.69, 9.17) is 9.47 Å². The molecule has 0 spiro atoms. The van der Waals surface area contributed by atoms with Crippen molar-refractivity contribution in [2.75, 3.05) is 32.1 Å². The van der Waals surface area contributed by atoms with E-state index in [0.29, 0.717) is 20.1 Å². The highest BCUT2D eigenvalue weighted by Crippen LogP contribution is 2.28. The first-order valence-electron chi connectivity index (χ1n) is 12.5. The number of nitrogens with one attached hydrogen (secondary N) is 1. The zero-order chi connectivity index (χ0) is 29.9. The fraction of sp³-hybridized carbons (Fsp3) is 0.231. The van der Waals surface area contributed by atoms with E-state index in [9.17, 15) is 27.6 Å². The number of ether oxygens (including phenoxy) is 2. The molecule has 3 amide bonds. The number of carbonyl (C=O) groups is 3. The summed E-state index contributed by atoms with van der Waals surface area (Å²) in [6.07, 6.45) is -0.643. The van der Waals surface area contributed by atoms with Crippen LogP contribution in [0.1, 0.15) is 11.9 Å². The van der Waals surface area contributed by atoms with Crippen LogP contribution in [-0.4, -0.2) is 76.8 Å². The van der Waals surface area contributed by atoms with Crippen LogP contribution in [0.5, 0.6) is 0 Å². The number of fused-ring (bicyclic) bond motifs is 1. The Kier molecular flexibility index (Phi) is 8.28. The zero-order valence-corrected chi connectivity index (χ0v) is 23.7. The molecule has 1 unspecified atom stereocenters. The van der Waals surface area contributed by atoms with Crippen molar-refractivity contribution >= 4 is 55.3 Å². The van der Waals surface area contributed by atoms with Crippen molar-refractivity contribution in [3.05, 3.63) is 82.9 Å². The van der Waals surface area contributed by atoms with Crippen molar-refractivity contribution in [1.29, 1.82) is 0 Å². The second-order valence-corrected chi connectivity index (χ2v) is 12.0. The van der Waals surface area contributed by atoms with Crippen molar-refractivity contribution in [2.24, 2.45) is 0 Å². The molecule has 218 valence electrons. The van der Waals surface area contributed by atoms with E-state index in [-0.39, 0.29) is 23.2 Å². The number of sulfonamides is 1. The van der Waals surface area contributed by atoms with Gasteiger partial charge >= 0.3 is 11.8 Å². The first kappa shape index (κ1) is 28.8. The van der Waals surface area contributed by atoms with Crippen LogP contribution in [-0.2, 0) is 35.6 Å². The molecule has 1 aliphatic heterocycles. The molecule has 0 saturated carbocycles. The van der Waals surface area contributed by atoms with Crippen LogP contribution in [0.15, 0.2) is 76.0 Å². The van der Waals surface area contributed by atoms with Gasteiger partial charge in [0.05, 0.1) is 16.8 Å². The lowest BCUT2D eigenvalue weighted by Gasteiger charge is -2.33. The highest BCUT2D eigenvalue weighted by molar-refractivity contribution is 7.91. The van der Waals surface area contributed by atoms with E-state index < -0.39 is 53.0 Å². The van der Waals surface area contributed by atoms with Crippen LogP contribution >= 0.6 is 11.3 Å². The summed E-state index contributed by atoms with van der Waals surface area (Å²) in [4.78, 5) is 59.5. The summed E-state index contributed by atoms with van der Waals surface area (Å²) < 4.78 is 38.8. The fourth-order valence-electron chi connectivity index (χ4n) is 4.14. The molecular weight excluding hydrogens is 588 g/mol. The van der Waals surface area contributed by atoms with Gasteiger partial charge in [0.15, 0.2) is 0 Å². The summed E-state index contributed by atoms with van der Waals surface area (Å²) in [6.45, 7) is -1.26. The van der Waals surface area contributed by atoms with Crippen LogP contribution < -0.4 is 11.0 Å². The quantitative estimate of drug-likeness (QED) is 0.290. The predicted octanol–water partition coefficient (Wildman–Crippen LogP) is 1.81. The van der Waals surface area contributed by atoms with Crippen molar-refractivity contribution in [1.82, 2.24) is 23.7 Å². The maximum Gasteiger partial charge on any atom is 0.415 e. The van der Waals surface area contributed by atoms with Crippen LogP contribution in [0.3, 0.4) is 0 Å². The average Bonchev–Trinajstić information content (AvgIpc) is 3.43. The third-order valence-electron chi connectivity index (χ3n) is 6.22. The molecule has 1 saturated heterocycles. The van der Waals surface area contributed by atoms with Gasteiger partial charge in [0.1, 0.15) is 18.9 Å². The Morgan fingerprint density at radius 1 is 1.02 bits per heavy atom. The Hall–Kier alpha value is -4.67. The predicted molar refractivity (Wildman–Crippen MR) is 150 cm³/mol. The normalized spacial score (nSPS) is 14.5. The molecule has 0 bridgehead atoms. The SMILES string of the molecule is COC(OC(=O)Nc1ccn(CC(=O)N2CCN(S(=O)(=O)c3nc4ccccc4s3)C(=O)C2)c(=O)n1)c1ccccc1. The van der Waals surface area contributed by atoms with E-state index >= 15 is 0 Å². The number of para-hydroxylation sites is 1. The third kappa shape index (κ3) is 6.14. The van der Waals surface area contributed by atoms with E-state index in [1.54, 1.807) is 54.6 Å². The first-order chi connectivity index (χ1) is 20.2. The van der Waals surface area contributed by atoms with Gasteiger partial charge in [-0.2, -0.15) is 13.4 Å². The van der Waals surface area contributed by atoms with Gasteiger partial charge in [0, 0.05) is 25.4 Å². The van der Waals surface area contributed by atoms with Gasteiger partial charge < -0.3 is 14.4 Å². The highest BCUT2D eigenvalue weighted by Gasteiger charge is 2.37. The summed E-state index contributed by atoms with van der Waals surface area (Å²) in [5, 5.41) is 2.34. The Morgan fingerprint density at radius 2 is 1.76 bits per heavy atom. The molecule has 3 heterocycles. The smallest absolute Gasteiger partial charge is 0.415 e. The van der Waals surface area contributed by atoms with Gasteiger partial charge in [-0.05, 0) is 18.2 Å². The molecule has 0 radical (unpaired) electrons. The molecule has 1 atom stereocenters. The highest BCUT2D eigenvalue weighted by atomic mass is 32.2. The molecular formula is C26H24N6O8S2.